The lowest BCUT2D eigenvalue weighted by Crippen LogP contribution is -2.35. The molecule has 1 amide bonds. The number of hydrogen-bond donors (Lipinski definition) is 0. The Labute approximate surface area is 124 Å². The Hall–Kier alpha value is -2.04. The predicted octanol–water partition coefficient (Wildman–Crippen LogP) is 3.22. The summed E-state index contributed by atoms with van der Waals surface area (Å²) in [6.07, 6.45) is 2.73. The van der Waals surface area contributed by atoms with Gasteiger partial charge < -0.3 is 9.64 Å². The van der Waals surface area contributed by atoms with E-state index in [0.29, 0.717) is 6.54 Å². The Morgan fingerprint density at radius 2 is 2.10 bits per heavy atom. The van der Waals surface area contributed by atoms with E-state index in [9.17, 15) is 4.79 Å². The van der Waals surface area contributed by atoms with Crippen molar-refractivity contribution in [1.29, 1.82) is 0 Å². The lowest BCUT2D eigenvalue weighted by Gasteiger charge is -2.24. The van der Waals surface area contributed by atoms with Gasteiger partial charge in [-0.25, -0.2) is 4.79 Å². The lowest BCUT2D eigenvalue weighted by molar-refractivity contribution is 0.0288. The number of carbonyl (C=O) groups excluding carboxylic acids is 1. The van der Waals surface area contributed by atoms with Gasteiger partial charge in [-0.3, -0.25) is 4.68 Å². The normalized spacial score (nSPS) is 19.2. The van der Waals surface area contributed by atoms with Crippen LogP contribution >= 0.6 is 0 Å². The topological polar surface area (TPSA) is 47.4 Å². The molecule has 0 aliphatic carbocycles. The van der Waals surface area contributed by atoms with Crippen molar-refractivity contribution >= 4 is 17.0 Å². The third kappa shape index (κ3) is 3.01. The van der Waals surface area contributed by atoms with E-state index in [1.807, 2.05) is 43.7 Å². The third-order valence-electron chi connectivity index (χ3n) is 3.62. The summed E-state index contributed by atoms with van der Waals surface area (Å²) in [5, 5.41) is 5.73. The number of aromatic nitrogens is 2. The molecule has 1 aliphatic rings. The molecule has 0 bridgehead atoms. The fourth-order valence-electron chi connectivity index (χ4n) is 2.62. The Bertz CT molecular complexity index is 624. The van der Waals surface area contributed by atoms with Crippen LogP contribution in [-0.2, 0) is 4.74 Å². The minimum Gasteiger partial charge on any atom is -0.444 e. The average Bonchev–Trinajstić information content (AvgIpc) is 3.03. The second-order valence-electron chi connectivity index (χ2n) is 6.54. The van der Waals surface area contributed by atoms with Gasteiger partial charge in [0, 0.05) is 24.7 Å². The van der Waals surface area contributed by atoms with Crippen molar-refractivity contribution in [2.75, 3.05) is 13.1 Å². The highest BCUT2D eigenvalue weighted by atomic mass is 16.6. The number of amides is 1. The average molecular weight is 287 g/mol. The van der Waals surface area contributed by atoms with Gasteiger partial charge >= 0.3 is 6.09 Å². The second-order valence-corrected chi connectivity index (χ2v) is 6.54. The van der Waals surface area contributed by atoms with E-state index in [1.165, 1.54) is 0 Å². The molecular formula is C16H21N3O2. The first-order chi connectivity index (χ1) is 9.92. The minimum atomic E-state index is -0.449. The molecule has 1 aromatic carbocycles. The highest BCUT2D eigenvalue weighted by molar-refractivity contribution is 5.77. The third-order valence-corrected chi connectivity index (χ3v) is 3.62. The van der Waals surface area contributed by atoms with Crippen LogP contribution in [0.5, 0.6) is 0 Å². The molecule has 1 aromatic heterocycles. The highest BCUT2D eigenvalue weighted by Gasteiger charge is 2.31. The maximum atomic E-state index is 12.1. The fraction of sp³-hybridized carbons (Fsp3) is 0.500. The molecule has 5 heteroatoms. The summed E-state index contributed by atoms with van der Waals surface area (Å²) in [6, 6.07) is 8.29. The first-order valence-electron chi connectivity index (χ1n) is 7.34. The molecule has 3 rings (SSSR count). The SMILES string of the molecule is CC(C)(C)OC(=O)N1CC[C@@H](n2cc3ccccc3n2)C1. The molecule has 0 spiro atoms. The molecule has 1 atom stereocenters. The van der Waals surface area contributed by atoms with Gasteiger partial charge in [-0.1, -0.05) is 18.2 Å². The maximum absolute atomic E-state index is 12.1. The monoisotopic (exact) mass is 287 g/mol. The molecule has 112 valence electrons. The summed E-state index contributed by atoms with van der Waals surface area (Å²) in [6.45, 7) is 7.04. The summed E-state index contributed by atoms with van der Waals surface area (Å²) in [7, 11) is 0. The zero-order valence-corrected chi connectivity index (χ0v) is 12.7. The molecule has 2 heterocycles. The van der Waals surface area contributed by atoms with Crippen LogP contribution in [0.15, 0.2) is 30.5 Å². The van der Waals surface area contributed by atoms with Crippen molar-refractivity contribution in [1.82, 2.24) is 14.7 Å². The van der Waals surface area contributed by atoms with Crippen LogP contribution in [0.1, 0.15) is 33.2 Å². The number of hydrogen-bond acceptors (Lipinski definition) is 3. The van der Waals surface area contributed by atoms with Crippen molar-refractivity contribution in [2.45, 2.75) is 38.8 Å². The summed E-state index contributed by atoms with van der Waals surface area (Å²) >= 11 is 0. The molecular weight excluding hydrogens is 266 g/mol. The van der Waals surface area contributed by atoms with Gasteiger partial charge in [0.05, 0.1) is 11.6 Å². The molecule has 0 unspecified atom stereocenters. The van der Waals surface area contributed by atoms with Crippen LogP contribution in [0, 0.1) is 0 Å². The van der Waals surface area contributed by atoms with Crippen molar-refractivity contribution in [3.63, 3.8) is 0 Å². The lowest BCUT2D eigenvalue weighted by atomic mass is 10.2. The standard InChI is InChI=1S/C16H21N3O2/c1-16(2,3)21-15(20)18-9-8-13(11-18)19-10-12-6-4-5-7-14(12)17-19/h4-7,10,13H,8-9,11H2,1-3H3/t13-/m1/s1. The van der Waals surface area contributed by atoms with Crippen molar-refractivity contribution in [2.24, 2.45) is 0 Å². The summed E-state index contributed by atoms with van der Waals surface area (Å²) in [5.74, 6) is 0. The smallest absolute Gasteiger partial charge is 0.410 e. The van der Waals surface area contributed by atoms with Crippen molar-refractivity contribution in [3.05, 3.63) is 30.5 Å². The first kappa shape index (κ1) is 13.9. The van der Waals surface area contributed by atoms with Crippen LogP contribution in [0.3, 0.4) is 0 Å². The highest BCUT2D eigenvalue weighted by Crippen LogP contribution is 2.24. The molecule has 5 nitrogen and oxygen atoms in total. The summed E-state index contributed by atoms with van der Waals surface area (Å²) < 4.78 is 7.40. The van der Waals surface area contributed by atoms with Gasteiger partial charge in [0.1, 0.15) is 5.60 Å². The molecule has 21 heavy (non-hydrogen) atoms. The zero-order valence-electron chi connectivity index (χ0n) is 12.7. The summed E-state index contributed by atoms with van der Waals surface area (Å²) in [5.41, 5.74) is 0.545. The van der Waals surface area contributed by atoms with Gasteiger partial charge in [-0.05, 0) is 33.3 Å². The van der Waals surface area contributed by atoms with Gasteiger partial charge in [0.2, 0.25) is 0 Å². The minimum absolute atomic E-state index is 0.227. The van der Waals surface area contributed by atoms with Gasteiger partial charge in [-0.15, -0.1) is 0 Å². The van der Waals surface area contributed by atoms with E-state index in [0.717, 1.165) is 23.9 Å². The van der Waals surface area contributed by atoms with Crippen LogP contribution in [0.25, 0.3) is 10.9 Å². The number of likely N-dealkylation sites (tertiary alicyclic amines) is 1. The number of fused-ring (bicyclic) bond motifs is 1. The Morgan fingerprint density at radius 1 is 1.33 bits per heavy atom. The number of ether oxygens (including phenoxy) is 1. The largest absolute Gasteiger partial charge is 0.444 e. The van der Waals surface area contributed by atoms with Gasteiger partial charge in [0.25, 0.3) is 0 Å². The van der Waals surface area contributed by atoms with E-state index >= 15 is 0 Å². The predicted molar refractivity (Wildman–Crippen MR) is 81.2 cm³/mol. The van der Waals surface area contributed by atoms with Crippen LogP contribution in [0.2, 0.25) is 0 Å². The van der Waals surface area contributed by atoms with E-state index < -0.39 is 5.60 Å². The quantitative estimate of drug-likeness (QED) is 0.809. The van der Waals surface area contributed by atoms with Gasteiger partial charge in [0.15, 0.2) is 0 Å². The number of nitrogens with zero attached hydrogens (tertiary/aromatic N) is 3. The maximum Gasteiger partial charge on any atom is 0.410 e. The molecule has 1 saturated heterocycles. The van der Waals surface area contributed by atoms with Gasteiger partial charge in [-0.2, -0.15) is 5.10 Å². The van der Waals surface area contributed by atoms with E-state index in [2.05, 4.69) is 17.4 Å². The van der Waals surface area contributed by atoms with E-state index in [-0.39, 0.29) is 12.1 Å². The Morgan fingerprint density at radius 3 is 2.81 bits per heavy atom. The number of carbonyl (C=O) groups is 1. The number of rotatable bonds is 1. The van der Waals surface area contributed by atoms with Crippen molar-refractivity contribution < 1.29 is 9.53 Å². The van der Waals surface area contributed by atoms with E-state index in [4.69, 9.17) is 4.74 Å². The molecule has 1 fully saturated rings. The van der Waals surface area contributed by atoms with Crippen LogP contribution < -0.4 is 0 Å². The van der Waals surface area contributed by atoms with E-state index in [1.54, 1.807) is 4.90 Å². The van der Waals surface area contributed by atoms with Crippen LogP contribution in [-0.4, -0.2) is 39.5 Å². The fourth-order valence-corrected chi connectivity index (χ4v) is 2.62. The summed E-state index contributed by atoms with van der Waals surface area (Å²) in [4.78, 5) is 13.9. The van der Waals surface area contributed by atoms with Crippen molar-refractivity contribution in [3.8, 4) is 0 Å². The first-order valence-corrected chi connectivity index (χ1v) is 7.34. The Kier molecular flexibility index (Phi) is 3.35. The molecule has 0 N–H and O–H groups in total. The molecule has 0 saturated carbocycles. The molecule has 2 aromatic rings. The van der Waals surface area contributed by atoms with Crippen LogP contribution in [0.4, 0.5) is 4.79 Å². The Balaban J connectivity index is 1.70. The molecule has 1 aliphatic heterocycles. The number of benzene rings is 1. The second kappa shape index (κ2) is 5.06. The molecule has 0 radical (unpaired) electrons. The zero-order chi connectivity index (χ0) is 15.0.